The highest BCUT2D eigenvalue weighted by atomic mass is 35.5. The van der Waals surface area contributed by atoms with Crippen LogP contribution in [0.25, 0.3) is 11.3 Å². The van der Waals surface area contributed by atoms with Gasteiger partial charge < -0.3 is 24.1 Å². The number of halogens is 1. The number of benzene rings is 2. The summed E-state index contributed by atoms with van der Waals surface area (Å²) in [6, 6.07) is 18.0. The summed E-state index contributed by atoms with van der Waals surface area (Å²) in [7, 11) is 1.60. The van der Waals surface area contributed by atoms with Gasteiger partial charge in [0.05, 0.1) is 31.9 Å². The van der Waals surface area contributed by atoms with E-state index in [1.807, 2.05) is 30.3 Å². The SMILES string of the molecule is COc1ccc(-c2ccc(CNc3ccc(N4CCOCC4)cc3)o2)cc1Cl. The van der Waals surface area contributed by atoms with Gasteiger partial charge in [-0.15, -0.1) is 0 Å². The van der Waals surface area contributed by atoms with Crippen molar-refractivity contribution in [1.29, 1.82) is 0 Å². The van der Waals surface area contributed by atoms with Crippen molar-refractivity contribution in [3.8, 4) is 17.1 Å². The van der Waals surface area contributed by atoms with E-state index < -0.39 is 0 Å². The van der Waals surface area contributed by atoms with Crippen molar-refractivity contribution in [3.05, 3.63) is 65.4 Å². The molecule has 0 unspecified atom stereocenters. The Morgan fingerprint density at radius 2 is 1.82 bits per heavy atom. The van der Waals surface area contributed by atoms with Crippen LogP contribution in [-0.2, 0) is 11.3 Å². The minimum absolute atomic E-state index is 0.566. The fraction of sp³-hybridized carbons (Fsp3) is 0.273. The standard InChI is InChI=1S/C22H23ClN2O3/c1-26-22-8-2-16(14-20(22)23)21-9-7-19(28-21)15-24-17-3-5-18(6-4-17)25-10-12-27-13-11-25/h2-9,14,24H,10-13,15H2,1H3. The molecule has 0 saturated carbocycles. The minimum atomic E-state index is 0.566. The third-order valence-electron chi connectivity index (χ3n) is 4.81. The second-order valence-corrected chi connectivity index (χ2v) is 7.02. The Hall–Kier alpha value is -2.63. The lowest BCUT2D eigenvalue weighted by Gasteiger charge is -2.28. The van der Waals surface area contributed by atoms with E-state index in [2.05, 4.69) is 34.5 Å². The van der Waals surface area contributed by atoms with Gasteiger partial charge >= 0.3 is 0 Å². The Morgan fingerprint density at radius 3 is 2.54 bits per heavy atom. The number of nitrogens with one attached hydrogen (secondary N) is 1. The summed E-state index contributed by atoms with van der Waals surface area (Å²) < 4.78 is 16.6. The highest BCUT2D eigenvalue weighted by Crippen LogP contribution is 2.31. The normalized spacial score (nSPS) is 14.1. The average Bonchev–Trinajstić information content (AvgIpc) is 3.22. The molecule has 2 aromatic carbocycles. The molecule has 1 fully saturated rings. The van der Waals surface area contributed by atoms with Crippen LogP contribution in [0.1, 0.15) is 5.76 Å². The maximum atomic E-state index is 6.21. The molecule has 0 spiro atoms. The Kier molecular flexibility index (Phi) is 5.74. The van der Waals surface area contributed by atoms with Crippen LogP contribution in [0.2, 0.25) is 5.02 Å². The van der Waals surface area contributed by atoms with E-state index in [0.717, 1.165) is 49.1 Å². The Bertz CT molecular complexity index is 918. The summed E-state index contributed by atoms with van der Waals surface area (Å²) in [5.74, 6) is 2.29. The molecule has 1 N–H and O–H groups in total. The lowest BCUT2D eigenvalue weighted by atomic mass is 10.2. The molecule has 0 aliphatic carbocycles. The second kappa shape index (κ2) is 8.59. The molecule has 0 bridgehead atoms. The maximum Gasteiger partial charge on any atom is 0.137 e. The van der Waals surface area contributed by atoms with Gasteiger partial charge in [0.15, 0.2) is 0 Å². The van der Waals surface area contributed by atoms with Crippen molar-refractivity contribution in [2.24, 2.45) is 0 Å². The molecule has 0 radical (unpaired) electrons. The topological polar surface area (TPSA) is 46.9 Å². The molecule has 3 aromatic rings. The zero-order valence-corrected chi connectivity index (χ0v) is 16.5. The third kappa shape index (κ3) is 4.26. The molecular formula is C22H23ClN2O3. The molecule has 1 saturated heterocycles. The van der Waals surface area contributed by atoms with Crippen LogP contribution in [0.3, 0.4) is 0 Å². The highest BCUT2D eigenvalue weighted by molar-refractivity contribution is 6.32. The number of rotatable bonds is 6. The van der Waals surface area contributed by atoms with Gasteiger partial charge in [-0.1, -0.05) is 11.6 Å². The van der Waals surface area contributed by atoms with Crippen molar-refractivity contribution in [1.82, 2.24) is 0 Å². The van der Waals surface area contributed by atoms with Gasteiger partial charge in [-0.2, -0.15) is 0 Å². The highest BCUT2D eigenvalue weighted by Gasteiger charge is 2.11. The van der Waals surface area contributed by atoms with Crippen molar-refractivity contribution in [2.45, 2.75) is 6.54 Å². The summed E-state index contributed by atoms with van der Waals surface area (Å²) in [5, 5.41) is 3.97. The van der Waals surface area contributed by atoms with Crippen molar-refractivity contribution in [3.63, 3.8) is 0 Å². The Labute approximate surface area is 169 Å². The number of hydrogen-bond acceptors (Lipinski definition) is 5. The number of methoxy groups -OCH3 is 1. The first kappa shape index (κ1) is 18.7. The van der Waals surface area contributed by atoms with Crippen LogP contribution in [0.4, 0.5) is 11.4 Å². The number of furan rings is 1. The fourth-order valence-corrected chi connectivity index (χ4v) is 3.51. The van der Waals surface area contributed by atoms with Gasteiger partial charge in [0.25, 0.3) is 0 Å². The van der Waals surface area contributed by atoms with Crippen LogP contribution in [0.5, 0.6) is 5.75 Å². The summed E-state index contributed by atoms with van der Waals surface area (Å²) in [4.78, 5) is 2.34. The molecule has 146 valence electrons. The van der Waals surface area contributed by atoms with E-state index in [9.17, 15) is 0 Å². The zero-order valence-electron chi connectivity index (χ0n) is 15.8. The molecular weight excluding hydrogens is 376 g/mol. The van der Waals surface area contributed by atoms with Crippen LogP contribution in [0.15, 0.2) is 59.0 Å². The largest absolute Gasteiger partial charge is 0.495 e. The summed E-state index contributed by atoms with van der Waals surface area (Å²) >= 11 is 6.21. The van der Waals surface area contributed by atoms with Crippen LogP contribution >= 0.6 is 11.6 Å². The molecule has 2 heterocycles. The zero-order chi connectivity index (χ0) is 19.3. The van der Waals surface area contributed by atoms with Crippen LogP contribution < -0.4 is 15.0 Å². The summed E-state index contributed by atoms with van der Waals surface area (Å²) in [6.07, 6.45) is 0. The lowest BCUT2D eigenvalue weighted by Crippen LogP contribution is -2.36. The Morgan fingerprint density at radius 1 is 1.04 bits per heavy atom. The van der Waals surface area contributed by atoms with E-state index >= 15 is 0 Å². The van der Waals surface area contributed by atoms with Crippen LogP contribution in [0, 0.1) is 0 Å². The van der Waals surface area contributed by atoms with Gasteiger partial charge in [-0.05, 0) is 54.6 Å². The number of anilines is 2. The van der Waals surface area contributed by atoms with Gasteiger partial charge in [-0.3, -0.25) is 0 Å². The van der Waals surface area contributed by atoms with E-state index in [1.54, 1.807) is 7.11 Å². The van der Waals surface area contributed by atoms with Crippen molar-refractivity contribution in [2.75, 3.05) is 43.6 Å². The molecule has 1 aromatic heterocycles. The first-order chi connectivity index (χ1) is 13.7. The first-order valence-corrected chi connectivity index (χ1v) is 9.70. The van der Waals surface area contributed by atoms with Crippen molar-refractivity contribution < 1.29 is 13.9 Å². The molecule has 1 aliphatic rings. The molecule has 0 atom stereocenters. The minimum Gasteiger partial charge on any atom is -0.495 e. The number of hydrogen-bond donors (Lipinski definition) is 1. The summed E-state index contributed by atoms with van der Waals surface area (Å²) in [5.41, 5.74) is 3.21. The van der Waals surface area contributed by atoms with Gasteiger partial charge in [-0.25, -0.2) is 0 Å². The van der Waals surface area contributed by atoms with Crippen LogP contribution in [-0.4, -0.2) is 33.4 Å². The lowest BCUT2D eigenvalue weighted by molar-refractivity contribution is 0.122. The third-order valence-corrected chi connectivity index (χ3v) is 5.10. The fourth-order valence-electron chi connectivity index (χ4n) is 3.25. The number of morpholine rings is 1. The smallest absolute Gasteiger partial charge is 0.137 e. The predicted octanol–water partition coefficient (Wildman–Crippen LogP) is 5.06. The monoisotopic (exact) mass is 398 g/mol. The first-order valence-electron chi connectivity index (χ1n) is 9.32. The van der Waals surface area contributed by atoms with E-state index in [4.69, 9.17) is 25.5 Å². The van der Waals surface area contributed by atoms with Gasteiger partial charge in [0.1, 0.15) is 17.3 Å². The quantitative estimate of drug-likeness (QED) is 0.629. The van der Waals surface area contributed by atoms with Crippen molar-refractivity contribution >= 4 is 23.0 Å². The molecule has 6 heteroatoms. The summed E-state index contributed by atoms with van der Waals surface area (Å²) in [6.45, 7) is 4.08. The number of nitrogens with zero attached hydrogens (tertiary/aromatic N) is 1. The molecule has 5 nitrogen and oxygen atoms in total. The van der Waals surface area contributed by atoms with E-state index in [1.165, 1.54) is 5.69 Å². The molecule has 4 rings (SSSR count). The predicted molar refractivity (Wildman–Crippen MR) is 113 cm³/mol. The molecule has 1 aliphatic heterocycles. The van der Waals surface area contributed by atoms with Gasteiger partial charge in [0, 0.05) is 30.0 Å². The second-order valence-electron chi connectivity index (χ2n) is 6.62. The average molecular weight is 399 g/mol. The molecule has 0 amide bonds. The number of ether oxygens (including phenoxy) is 2. The van der Waals surface area contributed by atoms with E-state index in [0.29, 0.717) is 17.3 Å². The van der Waals surface area contributed by atoms with E-state index in [-0.39, 0.29) is 0 Å². The maximum absolute atomic E-state index is 6.21. The Balaban J connectivity index is 1.37. The van der Waals surface area contributed by atoms with Gasteiger partial charge in [0.2, 0.25) is 0 Å². The molecule has 28 heavy (non-hydrogen) atoms.